The van der Waals surface area contributed by atoms with Crippen LogP contribution in [0.2, 0.25) is 0 Å². The third-order valence-corrected chi connectivity index (χ3v) is 5.73. The molecule has 0 radical (unpaired) electrons. The molecule has 3 rings (SSSR count). The molecule has 0 bridgehead atoms. The number of aromatic nitrogens is 2. The van der Waals surface area contributed by atoms with Crippen molar-refractivity contribution in [2.75, 3.05) is 19.6 Å². The molecule has 1 N–H and O–H groups in total. The van der Waals surface area contributed by atoms with Gasteiger partial charge >= 0.3 is 0 Å². The summed E-state index contributed by atoms with van der Waals surface area (Å²) in [5, 5.41) is 2.83. The number of rotatable bonds is 6. The van der Waals surface area contributed by atoms with Crippen LogP contribution >= 0.6 is 0 Å². The van der Waals surface area contributed by atoms with Gasteiger partial charge in [0.15, 0.2) is 0 Å². The molecule has 2 amide bonds. The van der Waals surface area contributed by atoms with Crippen molar-refractivity contribution in [3.8, 4) is 0 Å². The fourth-order valence-corrected chi connectivity index (χ4v) is 4.15. The average molecular weight is 409 g/mol. The summed E-state index contributed by atoms with van der Waals surface area (Å²) in [7, 11) is 0. The molecule has 1 aromatic heterocycles. The Labute approximate surface area is 179 Å². The second-order valence-corrected chi connectivity index (χ2v) is 8.21. The van der Waals surface area contributed by atoms with Crippen molar-refractivity contribution in [3.05, 3.63) is 58.2 Å². The number of nitrogens with zero attached hydrogens (tertiary/aromatic N) is 3. The van der Waals surface area contributed by atoms with E-state index in [2.05, 4.69) is 11.4 Å². The van der Waals surface area contributed by atoms with Gasteiger partial charge in [-0.2, -0.15) is 0 Å². The summed E-state index contributed by atoms with van der Waals surface area (Å²) in [4.78, 5) is 36.3. The normalized spacial score (nSPS) is 16.4. The van der Waals surface area contributed by atoms with Crippen molar-refractivity contribution < 1.29 is 9.59 Å². The highest BCUT2D eigenvalue weighted by Crippen LogP contribution is 2.26. The van der Waals surface area contributed by atoms with E-state index in [0.717, 1.165) is 47.7 Å². The number of benzene rings is 1. The van der Waals surface area contributed by atoms with Gasteiger partial charge in [-0.05, 0) is 46.1 Å². The zero-order valence-electron chi connectivity index (χ0n) is 18.5. The molecule has 2 aromatic rings. The van der Waals surface area contributed by atoms with Gasteiger partial charge in [0.2, 0.25) is 11.8 Å². The summed E-state index contributed by atoms with van der Waals surface area (Å²) in [5.41, 5.74) is 4.83. The predicted octanol–water partition coefficient (Wildman–Crippen LogP) is 3.03. The van der Waals surface area contributed by atoms with Gasteiger partial charge in [0.1, 0.15) is 5.82 Å². The van der Waals surface area contributed by atoms with Crippen LogP contribution in [0.1, 0.15) is 59.6 Å². The summed E-state index contributed by atoms with van der Waals surface area (Å²) < 4.78 is 0. The van der Waals surface area contributed by atoms with Crippen LogP contribution in [0, 0.1) is 20.8 Å². The molecule has 0 unspecified atom stereocenters. The molecule has 1 aliphatic rings. The van der Waals surface area contributed by atoms with Crippen molar-refractivity contribution in [3.63, 3.8) is 0 Å². The van der Waals surface area contributed by atoms with E-state index in [-0.39, 0.29) is 17.7 Å². The lowest BCUT2D eigenvalue weighted by atomic mass is 9.95. The van der Waals surface area contributed by atoms with E-state index < -0.39 is 0 Å². The monoisotopic (exact) mass is 408 g/mol. The van der Waals surface area contributed by atoms with Crippen LogP contribution < -0.4 is 5.32 Å². The summed E-state index contributed by atoms with van der Waals surface area (Å²) in [5.74, 6) is 1.08. The van der Waals surface area contributed by atoms with Crippen LogP contribution in [-0.4, -0.2) is 46.3 Å². The predicted molar refractivity (Wildman–Crippen MR) is 117 cm³/mol. The first-order valence-electron chi connectivity index (χ1n) is 10.8. The third-order valence-electron chi connectivity index (χ3n) is 5.73. The van der Waals surface area contributed by atoms with Gasteiger partial charge in [-0.15, -0.1) is 0 Å². The van der Waals surface area contributed by atoms with Crippen molar-refractivity contribution >= 4 is 11.8 Å². The Balaban J connectivity index is 1.70. The van der Waals surface area contributed by atoms with E-state index in [0.29, 0.717) is 25.9 Å². The Morgan fingerprint density at radius 3 is 2.53 bits per heavy atom. The molecular formula is C24H32N4O2. The second-order valence-electron chi connectivity index (χ2n) is 8.21. The molecule has 1 saturated heterocycles. The van der Waals surface area contributed by atoms with E-state index in [4.69, 9.17) is 9.97 Å². The molecule has 0 saturated carbocycles. The molecule has 160 valence electrons. The van der Waals surface area contributed by atoms with Crippen LogP contribution in [-0.2, 0) is 22.4 Å². The number of likely N-dealkylation sites (tertiary alicyclic amines) is 1. The number of likely N-dealkylation sites (N-methyl/N-ethyl adjacent to an activating group) is 1. The second kappa shape index (κ2) is 9.83. The molecule has 0 aliphatic carbocycles. The molecular weight excluding hydrogens is 376 g/mol. The van der Waals surface area contributed by atoms with Crippen LogP contribution in [0.4, 0.5) is 0 Å². The summed E-state index contributed by atoms with van der Waals surface area (Å²) in [6.07, 6.45) is 2.66. The Bertz CT molecular complexity index is 902. The maximum absolute atomic E-state index is 12.9. The minimum absolute atomic E-state index is 0.00867. The number of carbonyl (C=O) groups excluding carboxylic acids is 2. The zero-order chi connectivity index (χ0) is 21.7. The summed E-state index contributed by atoms with van der Waals surface area (Å²) in [6, 6.07) is 8.12. The Kier molecular flexibility index (Phi) is 7.19. The highest BCUT2D eigenvalue weighted by molar-refractivity contribution is 5.79. The lowest BCUT2D eigenvalue weighted by molar-refractivity contribution is -0.131. The topological polar surface area (TPSA) is 75.2 Å². The Morgan fingerprint density at radius 1 is 1.13 bits per heavy atom. The van der Waals surface area contributed by atoms with Crippen LogP contribution in [0.3, 0.4) is 0 Å². The zero-order valence-corrected chi connectivity index (χ0v) is 18.5. The van der Waals surface area contributed by atoms with Gasteiger partial charge in [0.05, 0.1) is 12.8 Å². The number of nitrogens with one attached hydrogen (secondary N) is 1. The van der Waals surface area contributed by atoms with Gasteiger partial charge in [-0.3, -0.25) is 9.59 Å². The lowest BCUT2D eigenvalue weighted by Gasteiger charge is -2.32. The number of hydrogen-bond donors (Lipinski definition) is 1. The highest BCUT2D eigenvalue weighted by Gasteiger charge is 2.27. The molecule has 1 fully saturated rings. The molecule has 2 heterocycles. The van der Waals surface area contributed by atoms with E-state index in [9.17, 15) is 9.59 Å². The van der Waals surface area contributed by atoms with Crippen molar-refractivity contribution in [2.24, 2.45) is 0 Å². The molecule has 6 heteroatoms. The van der Waals surface area contributed by atoms with Crippen LogP contribution in [0.15, 0.2) is 24.3 Å². The molecule has 30 heavy (non-hydrogen) atoms. The van der Waals surface area contributed by atoms with E-state index in [1.807, 2.05) is 50.8 Å². The molecule has 1 aliphatic heterocycles. The fourth-order valence-electron chi connectivity index (χ4n) is 4.15. The van der Waals surface area contributed by atoms with Crippen molar-refractivity contribution in [2.45, 2.75) is 59.3 Å². The van der Waals surface area contributed by atoms with Crippen molar-refractivity contribution in [1.82, 2.24) is 20.2 Å². The fraction of sp³-hybridized carbons (Fsp3) is 0.500. The van der Waals surface area contributed by atoms with Gasteiger partial charge in [0.25, 0.3) is 0 Å². The van der Waals surface area contributed by atoms with Gasteiger partial charge in [-0.1, -0.05) is 29.8 Å². The molecule has 1 atom stereocenters. The summed E-state index contributed by atoms with van der Waals surface area (Å²) >= 11 is 0. The number of aryl methyl sites for hydroxylation is 3. The number of hydrogen-bond acceptors (Lipinski definition) is 4. The molecule has 0 spiro atoms. The minimum atomic E-state index is -0.00867. The number of amides is 2. The lowest BCUT2D eigenvalue weighted by Crippen LogP contribution is -2.40. The van der Waals surface area contributed by atoms with Gasteiger partial charge in [0, 0.05) is 42.5 Å². The van der Waals surface area contributed by atoms with E-state index in [1.54, 1.807) is 0 Å². The first-order valence-corrected chi connectivity index (χ1v) is 10.8. The number of carbonyl (C=O) groups is 2. The van der Waals surface area contributed by atoms with Gasteiger partial charge < -0.3 is 10.2 Å². The highest BCUT2D eigenvalue weighted by atomic mass is 16.2. The minimum Gasteiger partial charge on any atom is -0.356 e. The average Bonchev–Trinajstić information content (AvgIpc) is 2.71. The van der Waals surface area contributed by atoms with E-state index in [1.165, 1.54) is 5.56 Å². The SMILES string of the molecule is CCNC(=O)Cc1c(C)nc([C@@H]2CCCN(C(=O)Cc3cccc(C)c3)C2)nc1C. The quantitative estimate of drug-likeness (QED) is 0.797. The van der Waals surface area contributed by atoms with Gasteiger partial charge in [-0.25, -0.2) is 9.97 Å². The summed E-state index contributed by atoms with van der Waals surface area (Å²) in [6.45, 7) is 9.89. The maximum Gasteiger partial charge on any atom is 0.227 e. The Hall–Kier alpha value is -2.76. The first kappa shape index (κ1) is 21.9. The Morgan fingerprint density at radius 2 is 1.87 bits per heavy atom. The third kappa shape index (κ3) is 5.43. The van der Waals surface area contributed by atoms with Crippen molar-refractivity contribution in [1.29, 1.82) is 0 Å². The van der Waals surface area contributed by atoms with E-state index >= 15 is 0 Å². The standard InChI is InChI=1S/C24H32N4O2/c1-5-25-22(29)14-21-17(3)26-24(27-18(21)4)20-10-7-11-28(15-20)23(30)13-19-9-6-8-16(2)12-19/h6,8-9,12,20H,5,7,10-11,13-15H2,1-4H3,(H,25,29)/t20-/m1/s1. The maximum atomic E-state index is 12.9. The van der Waals surface area contributed by atoms with Crippen LogP contribution in [0.5, 0.6) is 0 Å². The first-order chi connectivity index (χ1) is 14.4. The molecule has 6 nitrogen and oxygen atoms in total. The molecule has 1 aromatic carbocycles. The largest absolute Gasteiger partial charge is 0.356 e. The van der Waals surface area contributed by atoms with Crippen LogP contribution in [0.25, 0.3) is 0 Å². The smallest absolute Gasteiger partial charge is 0.227 e. The number of piperidine rings is 1.